The van der Waals surface area contributed by atoms with Crippen molar-refractivity contribution in [3.63, 3.8) is 0 Å². The monoisotopic (exact) mass is 341 g/mol. The Morgan fingerprint density at radius 1 is 1.25 bits per heavy atom. The van der Waals surface area contributed by atoms with Crippen molar-refractivity contribution in [2.45, 2.75) is 33.7 Å². The molecule has 0 unspecified atom stereocenters. The highest BCUT2D eigenvalue weighted by Crippen LogP contribution is 2.21. The van der Waals surface area contributed by atoms with Gasteiger partial charge in [-0.25, -0.2) is 4.98 Å². The fraction of sp³-hybridized carbons (Fsp3) is 0.278. The van der Waals surface area contributed by atoms with E-state index in [9.17, 15) is 9.59 Å². The lowest BCUT2D eigenvalue weighted by molar-refractivity contribution is -0.118. The number of carbonyl (C=O) groups excluding carboxylic acids is 1. The molecular weight excluding hydrogens is 322 g/mol. The predicted molar refractivity (Wildman–Crippen MR) is 97.9 cm³/mol. The first-order valence-corrected chi connectivity index (χ1v) is 8.54. The van der Waals surface area contributed by atoms with Gasteiger partial charge < -0.3 is 5.32 Å². The van der Waals surface area contributed by atoms with E-state index in [1.807, 2.05) is 45.0 Å². The third-order valence-electron chi connectivity index (χ3n) is 4.04. The molecule has 0 saturated heterocycles. The van der Waals surface area contributed by atoms with Crippen molar-refractivity contribution in [2.24, 2.45) is 0 Å². The molecule has 0 aliphatic heterocycles. The highest BCUT2D eigenvalue weighted by Gasteiger charge is 2.19. The predicted octanol–water partition coefficient (Wildman–Crippen LogP) is 3.58. The smallest absolute Gasteiger partial charge is 0.262 e. The SMILES string of the molecule is Cc1ccc(NC(=O)[C@@H](C)n2cnc3sc(C)cc3c2=O)c(C)c1. The van der Waals surface area contributed by atoms with Crippen LogP contribution in [-0.2, 0) is 4.79 Å². The van der Waals surface area contributed by atoms with E-state index in [0.29, 0.717) is 10.2 Å². The fourth-order valence-corrected chi connectivity index (χ4v) is 3.49. The fourth-order valence-electron chi connectivity index (χ4n) is 2.65. The molecular formula is C18H19N3O2S. The van der Waals surface area contributed by atoms with Gasteiger partial charge in [0.15, 0.2) is 0 Å². The topological polar surface area (TPSA) is 64.0 Å². The van der Waals surface area contributed by atoms with Crippen molar-refractivity contribution in [2.75, 3.05) is 5.32 Å². The second-order valence-electron chi connectivity index (χ2n) is 6.02. The molecule has 1 atom stereocenters. The summed E-state index contributed by atoms with van der Waals surface area (Å²) in [5.74, 6) is -0.239. The molecule has 0 bridgehead atoms. The Morgan fingerprint density at radius 3 is 2.71 bits per heavy atom. The van der Waals surface area contributed by atoms with Crippen LogP contribution in [0.1, 0.15) is 29.0 Å². The number of benzene rings is 1. The molecule has 2 heterocycles. The lowest BCUT2D eigenvalue weighted by Crippen LogP contribution is -2.31. The highest BCUT2D eigenvalue weighted by atomic mass is 32.1. The third-order valence-corrected chi connectivity index (χ3v) is 4.99. The Balaban J connectivity index is 1.90. The first-order chi connectivity index (χ1) is 11.4. The van der Waals surface area contributed by atoms with Crippen molar-refractivity contribution in [1.29, 1.82) is 0 Å². The average Bonchev–Trinajstić information content (AvgIpc) is 2.91. The maximum Gasteiger partial charge on any atom is 0.262 e. The minimum absolute atomic E-state index is 0.187. The molecule has 6 heteroatoms. The maximum absolute atomic E-state index is 12.6. The van der Waals surface area contributed by atoms with E-state index < -0.39 is 6.04 Å². The van der Waals surface area contributed by atoms with Gasteiger partial charge in [0.05, 0.1) is 11.7 Å². The molecule has 0 saturated carbocycles. The van der Waals surface area contributed by atoms with Crippen LogP contribution in [0.15, 0.2) is 35.4 Å². The summed E-state index contributed by atoms with van der Waals surface area (Å²) in [6, 6.07) is 7.01. The van der Waals surface area contributed by atoms with Crippen LogP contribution in [0.2, 0.25) is 0 Å². The molecule has 2 aromatic heterocycles. The average molecular weight is 341 g/mol. The lowest BCUT2D eigenvalue weighted by atomic mass is 10.1. The summed E-state index contributed by atoms with van der Waals surface area (Å²) in [6.45, 7) is 7.59. The van der Waals surface area contributed by atoms with Crippen molar-refractivity contribution < 1.29 is 4.79 Å². The summed E-state index contributed by atoms with van der Waals surface area (Å²) in [5, 5.41) is 3.45. The van der Waals surface area contributed by atoms with Crippen molar-refractivity contribution >= 4 is 33.1 Å². The van der Waals surface area contributed by atoms with Gasteiger partial charge in [-0.15, -0.1) is 11.3 Å². The molecule has 24 heavy (non-hydrogen) atoms. The number of aromatic nitrogens is 2. The van der Waals surface area contributed by atoms with Crippen LogP contribution in [0, 0.1) is 20.8 Å². The first kappa shape index (κ1) is 16.4. The van der Waals surface area contributed by atoms with Gasteiger partial charge in [-0.05, 0) is 45.4 Å². The van der Waals surface area contributed by atoms with Crippen LogP contribution in [0.4, 0.5) is 5.69 Å². The van der Waals surface area contributed by atoms with Gasteiger partial charge in [0, 0.05) is 10.6 Å². The number of thiophene rings is 1. The number of hydrogen-bond donors (Lipinski definition) is 1. The first-order valence-electron chi connectivity index (χ1n) is 7.72. The Bertz CT molecular complexity index is 988. The lowest BCUT2D eigenvalue weighted by Gasteiger charge is -2.16. The summed E-state index contributed by atoms with van der Waals surface area (Å²) in [5.41, 5.74) is 2.70. The van der Waals surface area contributed by atoms with Crippen LogP contribution in [0.3, 0.4) is 0 Å². The summed E-state index contributed by atoms with van der Waals surface area (Å²) < 4.78 is 1.38. The molecule has 0 aliphatic rings. The summed E-state index contributed by atoms with van der Waals surface area (Å²) in [7, 11) is 0. The highest BCUT2D eigenvalue weighted by molar-refractivity contribution is 7.18. The molecule has 0 spiro atoms. The van der Waals surface area contributed by atoms with Crippen LogP contribution in [-0.4, -0.2) is 15.5 Å². The Labute approximate surface area is 144 Å². The minimum Gasteiger partial charge on any atom is -0.324 e. The second kappa shape index (κ2) is 6.20. The minimum atomic E-state index is -0.643. The molecule has 0 aliphatic carbocycles. The van der Waals surface area contributed by atoms with Crippen LogP contribution >= 0.6 is 11.3 Å². The summed E-state index contributed by atoms with van der Waals surface area (Å²) in [4.78, 5) is 31.2. The largest absolute Gasteiger partial charge is 0.324 e. The zero-order valence-electron chi connectivity index (χ0n) is 14.1. The van der Waals surface area contributed by atoms with Crippen molar-refractivity contribution in [3.05, 3.63) is 57.0 Å². The van der Waals surface area contributed by atoms with Crippen LogP contribution < -0.4 is 10.9 Å². The van der Waals surface area contributed by atoms with Gasteiger partial charge in [-0.2, -0.15) is 0 Å². The number of nitrogens with zero attached hydrogens (tertiary/aromatic N) is 2. The van der Waals surface area contributed by atoms with Crippen LogP contribution in [0.5, 0.6) is 0 Å². The third kappa shape index (κ3) is 2.97. The molecule has 1 amide bonds. The Morgan fingerprint density at radius 2 is 2.00 bits per heavy atom. The molecule has 1 aromatic carbocycles. The number of nitrogens with one attached hydrogen (secondary N) is 1. The number of anilines is 1. The maximum atomic E-state index is 12.6. The second-order valence-corrected chi connectivity index (χ2v) is 7.25. The number of rotatable bonds is 3. The van der Waals surface area contributed by atoms with Gasteiger partial charge >= 0.3 is 0 Å². The quantitative estimate of drug-likeness (QED) is 0.792. The van der Waals surface area contributed by atoms with Gasteiger partial charge in [0.2, 0.25) is 5.91 Å². The Hall–Kier alpha value is -2.47. The van der Waals surface area contributed by atoms with Gasteiger partial charge in [-0.1, -0.05) is 17.7 Å². The number of hydrogen-bond acceptors (Lipinski definition) is 4. The van der Waals surface area contributed by atoms with E-state index in [-0.39, 0.29) is 11.5 Å². The molecule has 3 aromatic rings. The van der Waals surface area contributed by atoms with E-state index in [1.165, 1.54) is 22.2 Å². The molecule has 0 radical (unpaired) electrons. The van der Waals surface area contributed by atoms with E-state index in [4.69, 9.17) is 0 Å². The molecule has 124 valence electrons. The number of fused-ring (bicyclic) bond motifs is 1. The van der Waals surface area contributed by atoms with E-state index >= 15 is 0 Å². The number of amides is 1. The zero-order valence-corrected chi connectivity index (χ0v) is 14.9. The molecule has 0 fully saturated rings. The summed E-state index contributed by atoms with van der Waals surface area (Å²) >= 11 is 1.48. The number of aryl methyl sites for hydroxylation is 3. The molecule has 3 rings (SSSR count). The van der Waals surface area contributed by atoms with Gasteiger partial charge in [0.1, 0.15) is 10.9 Å². The van der Waals surface area contributed by atoms with E-state index in [0.717, 1.165) is 21.7 Å². The van der Waals surface area contributed by atoms with Gasteiger partial charge in [0.25, 0.3) is 5.56 Å². The van der Waals surface area contributed by atoms with Crippen molar-refractivity contribution in [1.82, 2.24) is 9.55 Å². The van der Waals surface area contributed by atoms with Crippen LogP contribution in [0.25, 0.3) is 10.2 Å². The van der Waals surface area contributed by atoms with Gasteiger partial charge in [-0.3, -0.25) is 14.2 Å². The van der Waals surface area contributed by atoms with E-state index in [1.54, 1.807) is 6.92 Å². The number of carbonyl (C=O) groups is 1. The zero-order chi connectivity index (χ0) is 17.4. The van der Waals surface area contributed by atoms with Crippen molar-refractivity contribution in [3.8, 4) is 0 Å². The molecule has 5 nitrogen and oxygen atoms in total. The normalized spacial score (nSPS) is 12.3. The van der Waals surface area contributed by atoms with E-state index in [2.05, 4.69) is 10.3 Å². The standard InChI is InChI=1S/C18H19N3O2S/c1-10-5-6-15(11(2)7-10)20-16(22)13(4)21-9-19-17-14(18(21)23)8-12(3)24-17/h5-9,13H,1-4H3,(H,20,22)/t13-/m1/s1. The molecule has 1 N–H and O–H groups in total. The summed E-state index contributed by atoms with van der Waals surface area (Å²) in [6.07, 6.45) is 1.45. The Kier molecular flexibility index (Phi) is 4.24.